The molecule has 0 aliphatic rings. The Morgan fingerprint density at radius 3 is 2.55 bits per heavy atom. The van der Waals surface area contributed by atoms with Gasteiger partial charge in [-0.3, -0.25) is 0 Å². The molecule has 0 bridgehead atoms. The molecular formula is C14H19BrF3NO. The van der Waals surface area contributed by atoms with Crippen molar-refractivity contribution in [1.29, 1.82) is 0 Å². The first-order chi connectivity index (χ1) is 9.40. The number of alkyl halides is 3. The van der Waals surface area contributed by atoms with Gasteiger partial charge < -0.3 is 10.1 Å². The largest absolute Gasteiger partial charge is 0.416 e. The van der Waals surface area contributed by atoms with Crippen molar-refractivity contribution in [3.05, 3.63) is 33.8 Å². The highest BCUT2D eigenvalue weighted by Gasteiger charge is 2.31. The molecule has 0 aliphatic heterocycles. The number of ether oxygens (including phenoxy) is 1. The first-order valence-corrected chi connectivity index (χ1v) is 7.37. The highest BCUT2D eigenvalue weighted by molar-refractivity contribution is 9.10. The van der Waals surface area contributed by atoms with Gasteiger partial charge >= 0.3 is 6.18 Å². The van der Waals surface area contributed by atoms with Gasteiger partial charge in [-0.15, -0.1) is 0 Å². The van der Waals surface area contributed by atoms with Crippen molar-refractivity contribution in [3.63, 3.8) is 0 Å². The summed E-state index contributed by atoms with van der Waals surface area (Å²) in [6.07, 6.45) is -3.46. The van der Waals surface area contributed by atoms with Crippen LogP contribution in [0, 0.1) is 0 Å². The minimum Gasteiger partial charge on any atom is -0.379 e. The molecule has 2 nitrogen and oxygen atoms in total. The smallest absolute Gasteiger partial charge is 0.379 e. The van der Waals surface area contributed by atoms with E-state index in [0.29, 0.717) is 29.8 Å². The van der Waals surface area contributed by atoms with Crippen molar-refractivity contribution in [2.45, 2.75) is 32.5 Å². The van der Waals surface area contributed by atoms with Crippen LogP contribution in [0.5, 0.6) is 0 Å². The van der Waals surface area contributed by atoms with Gasteiger partial charge in [0.1, 0.15) is 0 Å². The third kappa shape index (κ3) is 5.07. The second-order valence-corrected chi connectivity index (χ2v) is 5.27. The highest BCUT2D eigenvalue weighted by Crippen LogP contribution is 2.34. The van der Waals surface area contributed by atoms with E-state index in [1.165, 1.54) is 12.1 Å². The number of hydrogen-bond acceptors (Lipinski definition) is 2. The molecule has 6 heteroatoms. The molecule has 1 aromatic carbocycles. The van der Waals surface area contributed by atoms with Gasteiger partial charge in [0, 0.05) is 11.1 Å². The zero-order valence-electron chi connectivity index (χ0n) is 11.6. The quantitative estimate of drug-likeness (QED) is 0.726. The van der Waals surface area contributed by atoms with E-state index in [1.54, 1.807) is 0 Å². The molecule has 0 aliphatic carbocycles. The molecule has 0 saturated heterocycles. The number of halogens is 4. The Hall–Kier alpha value is -0.590. The fraction of sp³-hybridized carbons (Fsp3) is 0.571. The summed E-state index contributed by atoms with van der Waals surface area (Å²) in [5.74, 6) is 0. The number of benzene rings is 1. The summed E-state index contributed by atoms with van der Waals surface area (Å²) in [6, 6.07) is 3.42. The predicted octanol–water partition coefficient (Wildman–Crippen LogP) is 4.55. The van der Waals surface area contributed by atoms with Crippen LogP contribution in [-0.4, -0.2) is 19.8 Å². The molecule has 0 aromatic heterocycles. The average molecular weight is 354 g/mol. The molecule has 1 aromatic rings. The monoisotopic (exact) mass is 353 g/mol. The van der Waals surface area contributed by atoms with Gasteiger partial charge in [0.2, 0.25) is 0 Å². The molecule has 20 heavy (non-hydrogen) atoms. The first kappa shape index (κ1) is 17.5. The summed E-state index contributed by atoms with van der Waals surface area (Å²) in [5, 5.41) is 3.15. The van der Waals surface area contributed by atoms with Crippen molar-refractivity contribution in [3.8, 4) is 0 Å². The summed E-state index contributed by atoms with van der Waals surface area (Å²) in [5.41, 5.74) is -0.0770. The lowest BCUT2D eigenvalue weighted by atomic mass is 10.0. The van der Waals surface area contributed by atoms with Gasteiger partial charge in [-0.2, -0.15) is 13.2 Å². The van der Waals surface area contributed by atoms with E-state index in [-0.39, 0.29) is 6.04 Å². The second kappa shape index (κ2) is 8.00. The first-order valence-electron chi connectivity index (χ1n) is 6.57. The molecule has 0 heterocycles. The van der Waals surface area contributed by atoms with Gasteiger partial charge in [0.25, 0.3) is 0 Å². The van der Waals surface area contributed by atoms with E-state index in [0.717, 1.165) is 12.5 Å². The predicted molar refractivity (Wildman–Crippen MR) is 76.7 cm³/mol. The Morgan fingerprint density at radius 2 is 2.00 bits per heavy atom. The van der Waals surface area contributed by atoms with E-state index in [4.69, 9.17) is 4.74 Å². The summed E-state index contributed by atoms with van der Waals surface area (Å²) < 4.78 is 44.5. The zero-order valence-corrected chi connectivity index (χ0v) is 13.1. The van der Waals surface area contributed by atoms with Crippen molar-refractivity contribution in [2.24, 2.45) is 0 Å². The molecule has 0 saturated carbocycles. The summed E-state index contributed by atoms with van der Waals surface area (Å²) in [6.45, 7) is 5.50. The average Bonchev–Trinajstić information content (AvgIpc) is 2.37. The van der Waals surface area contributed by atoms with Crippen LogP contribution in [0.3, 0.4) is 0 Å². The molecule has 0 fully saturated rings. The normalized spacial score (nSPS) is 13.5. The third-order valence-corrected chi connectivity index (χ3v) is 3.50. The van der Waals surface area contributed by atoms with Crippen molar-refractivity contribution in [2.75, 3.05) is 19.8 Å². The Kier molecular flexibility index (Phi) is 6.99. The second-order valence-electron chi connectivity index (χ2n) is 4.42. The fourth-order valence-electron chi connectivity index (χ4n) is 1.84. The van der Waals surface area contributed by atoms with Crippen LogP contribution in [0.15, 0.2) is 22.7 Å². The molecule has 1 N–H and O–H groups in total. The van der Waals surface area contributed by atoms with E-state index in [2.05, 4.69) is 21.2 Å². The minimum atomic E-state index is -4.34. The van der Waals surface area contributed by atoms with E-state index >= 15 is 0 Å². The number of likely N-dealkylation sites (N-methyl/N-ethyl adjacent to an activating group) is 1. The minimum absolute atomic E-state index is 0.261. The van der Waals surface area contributed by atoms with Crippen molar-refractivity contribution >= 4 is 15.9 Å². The van der Waals surface area contributed by atoms with Crippen LogP contribution in [0.25, 0.3) is 0 Å². The van der Waals surface area contributed by atoms with Gasteiger partial charge in [0.05, 0.1) is 18.2 Å². The standard InChI is InChI=1S/C14H19BrF3NO/c1-3-7-20-9-13(19-4-2)11-8-10(14(16,17)18)5-6-12(11)15/h5-6,8,13,19H,3-4,7,9H2,1-2H3. The number of nitrogens with one attached hydrogen (secondary N) is 1. The van der Waals surface area contributed by atoms with Crippen LogP contribution < -0.4 is 5.32 Å². The Bertz CT molecular complexity index is 423. The van der Waals surface area contributed by atoms with Crippen molar-refractivity contribution in [1.82, 2.24) is 5.32 Å². The van der Waals surface area contributed by atoms with Crippen LogP contribution in [0.2, 0.25) is 0 Å². The lowest BCUT2D eigenvalue weighted by Gasteiger charge is -2.21. The number of rotatable bonds is 7. The summed E-state index contributed by atoms with van der Waals surface area (Å²) >= 11 is 3.31. The van der Waals surface area contributed by atoms with E-state index in [1.807, 2.05) is 13.8 Å². The maximum atomic E-state index is 12.8. The Labute approximate surface area is 125 Å². The lowest BCUT2D eigenvalue weighted by molar-refractivity contribution is -0.137. The highest BCUT2D eigenvalue weighted by atomic mass is 79.9. The van der Waals surface area contributed by atoms with Crippen LogP contribution in [0.4, 0.5) is 13.2 Å². The van der Waals surface area contributed by atoms with Gasteiger partial charge in [-0.25, -0.2) is 0 Å². The van der Waals surface area contributed by atoms with Gasteiger partial charge in [-0.05, 0) is 36.7 Å². The van der Waals surface area contributed by atoms with Gasteiger partial charge in [0.15, 0.2) is 0 Å². The maximum Gasteiger partial charge on any atom is 0.416 e. The van der Waals surface area contributed by atoms with Crippen LogP contribution in [0.1, 0.15) is 37.4 Å². The summed E-state index contributed by atoms with van der Waals surface area (Å²) in [4.78, 5) is 0. The summed E-state index contributed by atoms with van der Waals surface area (Å²) in [7, 11) is 0. The number of hydrogen-bond donors (Lipinski definition) is 1. The van der Waals surface area contributed by atoms with Gasteiger partial charge in [-0.1, -0.05) is 29.8 Å². The third-order valence-electron chi connectivity index (χ3n) is 2.78. The zero-order chi connectivity index (χ0) is 15.2. The van der Waals surface area contributed by atoms with E-state index in [9.17, 15) is 13.2 Å². The SMILES string of the molecule is CCCOCC(NCC)c1cc(C(F)(F)F)ccc1Br. The molecule has 114 valence electrons. The molecular weight excluding hydrogens is 335 g/mol. The van der Waals surface area contributed by atoms with Crippen LogP contribution >= 0.6 is 15.9 Å². The lowest BCUT2D eigenvalue weighted by Crippen LogP contribution is -2.26. The Balaban J connectivity index is 2.99. The molecule has 0 spiro atoms. The van der Waals surface area contributed by atoms with Crippen LogP contribution in [-0.2, 0) is 10.9 Å². The Morgan fingerprint density at radius 1 is 1.30 bits per heavy atom. The fourth-order valence-corrected chi connectivity index (χ4v) is 2.36. The molecule has 0 radical (unpaired) electrons. The maximum absolute atomic E-state index is 12.8. The molecule has 1 rings (SSSR count). The topological polar surface area (TPSA) is 21.3 Å². The van der Waals surface area contributed by atoms with Crippen molar-refractivity contribution < 1.29 is 17.9 Å². The molecule has 1 atom stereocenters. The van der Waals surface area contributed by atoms with E-state index < -0.39 is 11.7 Å². The molecule has 0 amide bonds. The molecule has 1 unspecified atom stereocenters.